The Morgan fingerprint density at radius 3 is 2.28 bits per heavy atom. The number of nitro benzene ring substituents is 1. The summed E-state index contributed by atoms with van der Waals surface area (Å²) >= 11 is 0. The molecule has 7 heteroatoms. The molecule has 3 aromatic rings. The molecule has 29 heavy (non-hydrogen) atoms. The molecule has 4 rings (SSSR count). The average Bonchev–Trinajstić information content (AvgIpc) is 3.20. The molecule has 1 amide bonds. The Morgan fingerprint density at radius 1 is 1.00 bits per heavy atom. The molecule has 0 N–H and O–H groups in total. The number of amides is 1. The lowest BCUT2D eigenvalue weighted by molar-refractivity contribution is -0.384. The van der Waals surface area contributed by atoms with Gasteiger partial charge in [-0.25, -0.2) is 9.40 Å². The summed E-state index contributed by atoms with van der Waals surface area (Å²) in [5, 5.41) is 16.9. The number of carbonyl (C=O) groups is 1. The molecule has 0 fully saturated rings. The highest BCUT2D eigenvalue weighted by atomic mass is 19.1. The van der Waals surface area contributed by atoms with Crippen molar-refractivity contribution in [3.05, 3.63) is 111 Å². The van der Waals surface area contributed by atoms with Crippen LogP contribution >= 0.6 is 0 Å². The van der Waals surface area contributed by atoms with Crippen molar-refractivity contribution < 1.29 is 14.1 Å². The summed E-state index contributed by atoms with van der Waals surface area (Å²) in [4.78, 5) is 23.6. The van der Waals surface area contributed by atoms with E-state index in [1.165, 1.54) is 41.4 Å². The van der Waals surface area contributed by atoms with Crippen molar-refractivity contribution in [3.8, 4) is 0 Å². The van der Waals surface area contributed by atoms with Gasteiger partial charge in [0.15, 0.2) is 0 Å². The maximum Gasteiger partial charge on any atom is 0.274 e. The maximum absolute atomic E-state index is 13.2. The second-order valence-corrected chi connectivity index (χ2v) is 6.64. The second kappa shape index (κ2) is 7.63. The van der Waals surface area contributed by atoms with E-state index < -0.39 is 16.8 Å². The molecule has 1 aliphatic rings. The van der Waals surface area contributed by atoms with Gasteiger partial charge in [-0.3, -0.25) is 14.9 Å². The number of nitro groups is 1. The molecule has 0 aliphatic carbocycles. The van der Waals surface area contributed by atoms with Gasteiger partial charge >= 0.3 is 0 Å². The molecule has 0 spiro atoms. The van der Waals surface area contributed by atoms with Crippen LogP contribution in [0.2, 0.25) is 0 Å². The summed E-state index contributed by atoms with van der Waals surface area (Å²) in [6, 6.07) is 20.5. The fraction of sp³-hybridized carbons (Fsp3) is 0.0909. The van der Waals surface area contributed by atoms with Crippen molar-refractivity contribution in [3.63, 3.8) is 0 Å². The van der Waals surface area contributed by atoms with Gasteiger partial charge in [-0.15, -0.1) is 0 Å². The predicted molar refractivity (Wildman–Crippen MR) is 106 cm³/mol. The van der Waals surface area contributed by atoms with Gasteiger partial charge in [-0.1, -0.05) is 42.5 Å². The third kappa shape index (κ3) is 3.75. The van der Waals surface area contributed by atoms with Crippen LogP contribution in [0, 0.1) is 15.9 Å². The van der Waals surface area contributed by atoms with Gasteiger partial charge in [0.05, 0.1) is 16.7 Å². The first-order valence-electron chi connectivity index (χ1n) is 8.99. The van der Waals surface area contributed by atoms with E-state index in [2.05, 4.69) is 5.10 Å². The smallest absolute Gasteiger partial charge is 0.267 e. The van der Waals surface area contributed by atoms with E-state index in [0.717, 1.165) is 16.8 Å². The Kier molecular flexibility index (Phi) is 4.87. The zero-order valence-corrected chi connectivity index (χ0v) is 15.2. The lowest BCUT2D eigenvalue weighted by atomic mass is 9.98. The number of benzene rings is 3. The van der Waals surface area contributed by atoms with Crippen LogP contribution in [0.3, 0.4) is 0 Å². The molecule has 0 radical (unpaired) electrons. The van der Waals surface area contributed by atoms with E-state index in [-0.39, 0.29) is 11.6 Å². The Bertz CT molecular complexity index is 1080. The fourth-order valence-corrected chi connectivity index (χ4v) is 3.31. The lowest BCUT2D eigenvalue weighted by Gasteiger charge is -2.22. The van der Waals surface area contributed by atoms with E-state index >= 15 is 0 Å². The Hall–Kier alpha value is -3.87. The van der Waals surface area contributed by atoms with Crippen molar-refractivity contribution >= 4 is 17.3 Å². The van der Waals surface area contributed by atoms with Crippen LogP contribution in [-0.2, 0) is 0 Å². The van der Waals surface area contributed by atoms with Gasteiger partial charge in [0.1, 0.15) is 5.82 Å². The molecule has 144 valence electrons. The molecule has 1 unspecified atom stereocenters. The molecule has 0 bridgehead atoms. The van der Waals surface area contributed by atoms with Crippen LogP contribution in [0.1, 0.15) is 33.9 Å². The Balaban J connectivity index is 1.71. The first-order chi connectivity index (χ1) is 14.0. The summed E-state index contributed by atoms with van der Waals surface area (Å²) in [6.07, 6.45) is 0.467. The molecule has 3 aromatic carbocycles. The molecule has 0 saturated heterocycles. The highest BCUT2D eigenvalue weighted by molar-refractivity contribution is 6.05. The minimum atomic E-state index is -0.467. The third-order valence-electron chi connectivity index (χ3n) is 4.81. The van der Waals surface area contributed by atoms with Gasteiger partial charge in [-0.2, -0.15) is 5.10 Å². The first kappa shape index (κ1) is 18.5. The quantitative estimate of drug-likeness (QED) is 0.478. The summed E-state index contributed by atoms with van der Waals surface area (Å²) in [6.45, 7) is 0. The van der Waals surface area contributed by atoms with E-state index in [9.17, 15) is 19.3 Å². The molecular weight excluding hydrogens is 373 g/mol. The predicted octanol–water partition coefficient (Wildman–Crippen LogP) is 4.73. The summed E-state index contributed by atoms with van der Waals surface area (Å²) < 4.78 is 13.2. The van der Waals surface area contributed by atoms with E-state index in [4.69, 9.17) is 0 Å². The Morgan fingerprint density at radius 2 is 1.66 bits per heavy atom. The highest BCUT2D eigenvalue weighted by Crippen LogP contribution is 2.34. The van der Waals surface area contributed by atoms with Crippen molar-refractivity contribution in [1.29, 1.82) is 0 Å². The van der Waals surface area contributed by atoms with Crippen molar-refractivity contribution in [2.24, 2.45) is 5.10 Å². The molecule has 0 saturated carbocycles. The molecule has 6 nitrogen and oxygen atoms in total. The van der Waals surface area contributed by atoms with E-state index in [1.54, 1.807) is 12.1 Å². The molecule has 1 aliphatic heterocycles. The van der Waals surface area contributed by atoms with Crippen LogP contribution in [0.15, 0.2) is 84.0 Å². The van der Waals surface area contributed by atoms with Crippen LogP contribution < -0.4 is 0 Å². The first-order valence-corrected chi connectivity index (χ1v) is 8.99. The monoisotopic (exact) mass is 389 g/mol. The SMILES string of the molecule is O=C(c1ccc(F)cc1)N1N=C(c2ccccc2)CC1c1ccc([N+](=O)[O-])cc1. The van der Waals surface area contributed by atoms with E-state index in [0.29, 0.717) is 12.0 Å². The number of hydrogen-bond donors (Lipinski definition) is 0. The number of carbonyl (C=O) groups excluding carboxylic acids is 1. The molecule has 1 atom stereocenters. The second-order valence-electron chi connectivity index (χ2n) is 6.64. The van der Waals surface area contributed by atoms with E-state index in [1.807, 2.05) is 30.3 Å². The average molecular weight is 389 g/mol. The maximum atomic E-state index is 13.2. The summed E-state index contributed by atoms with van der Waals surface area (Å²) in [5.41, 5.74) is 2.67. The Labute approximate surface area is 166 Å². The number of rotatable bonds is 4. The summed E-state index contributed by atoms with van der Waals surface area (Å²) in [5.74, 6) is -0.789. The molecule has 1 heterocycles. The van der Waals surface area contributed by atoms with Crippen LogP contribution in [0.5, 0.6) is 0 Å². The van der Waals surface area contributed by atoms with Crippen LogP contribution in [0.4, 0.5) is 10.1 Å². The lowest BCUT2D eigenvalue weighted by Crippen LogP contribution is -2.27. The largest absolute Gasteiger partial charge is 0.274 e. The van der Waals surface area contributed by atoms with Gasteiger partial charge in [0.25, 0.3) is 11.6 Å². The van der Waals surface area contributed by atoms with Gasteiger partial charge in [0, 0.05) is 24.1 Å². The number of hydrazone groups is 1. The topological polar surface area (TPSA) is 75.8 Å². The number of nitrogens with zero attached hydrogens (tertiary/aromatic N) is 3. The normalized spacial score (nSPS) is 15.8. The zero-order chi connectivity index (χ0) is 20.4. The van der Waals surface area contributed by atoms with Gasteiger partial charge in [0.2, 0.25) is 0 Å². The zero-order valence-electron chi connectivity index (χ0n) is 15.2. The number of halogens is 1. The standard InChI is InChI=1S/C22H16FN3O3/c23-18-10-6-17(7-11-18)22(27)25-21(16-8-12-19(13-9-16)26(28)29)14-20(24-25)15-4-2-1-3-5-15/h1-13,21H,14H2. The number of non-ortho nitro benzene ring substituents is 1. The fourth-order valence-electron chi connectivity index (χ4n) is 3.31. The van der Waals surface area contributed by atoms with Crippen molar-refractivity contribution in [2.45, 2.75) is 12.5 Å². The minimum Gasteiger partial charge on any atom is -0.267 e. The minimum absolute atomic E-state index is 0.0210. The van der Waals surface area contributed by atoms with Gasteiger partial charge in [-0.05, 0) is 35.4 Å². The third-order valence-corrected chi connectivity index (χ3v) is 4.81. The van der Waals surface area contributed by atoms with Gasteiger partial charge < -0.3 is 0 Å². The highest BCUT2D eigenvalue weighted by Gasteiger charge is 2.33. The van der Waals surface area contributed by atoms with Crippen molar-refractivity contribution in [2.75, 3.05) is 0 Å². The molecule has 0 aromatic heterocycles. The number of hydrogen-bond acceptors (Lipinski definition) is 4. The summed E-state index contributed by atoms with van der Waals surface area (Å²) in [7, 11) is 0. The van der Waals surface area contributed by atoms with Crippen molar-refractivity contribution in [1.82, 2.24) is 5.01 Å². The molecular formula is C22H16FN3O3. The van der Waals surface area contributed by atoms with Crippen LogP contribution in [0.25, 0.3) is 0 Å². The van der Waals surface area contributed by atoms with Crippen LogP contribution in [-0.4, -0.2) is 21.6 Å².